The summed E-state index contributed by atoms with van der Waals surface area (Å²) in [5.41, 5.74) is 1.89. The Hall–Kier alpha value is -1.50. The smallest absolute Gasteiger partial charge is 0.387 e. The van der Waals surface area contributed by atoms with Gasteiger partial charge in [-0.1, -0.05) is 12.1 Å². The minimum Gasteiger partial charge on any atom is -0.435 e. The Morgan fingerprint density at radius 2 is 1.95 bits per heavy atom. The van der Waals surface area contributed by atoms with Crippen LogP contribution >= 0.6 is 11.3 Å². The summed E-state index contributed by atoms with van der Waals surface area (Å²) in [7, 11) is 0. The molecule has 0 bridgehead atoms. The lowest BCUT2D eigenvalue weighted by atomic mass is 10.1. The molecular formula is C15H17F2NO2S. The maximum absolute atomic E-state index is 12.0. The Balaban J connectivity index is 1.82. The van der Waals surface area contributed by atoms with Crippen molar-refractivity contribution in [3.63, 3.8) is 0 Å². The number of hydrogen-bond donors (Lipinski definition) is 2. The molecular weight excluding hydrogens is 296 g/mol. The Morgan fingerprint density at radius 1 is 1.24 bits per heavy atom. The lowest BCUT2D eigenvalue weighted by Gasteiger charge is -2.13. The molecule has 2 N–H and O–H groups in total. The van der Waals surface area contributed by atoms with E-state index in [9.17, 15) is 13.9 Å². The third-order valence-corrected chi connectivity index (χ3v) is 4.10. The van der Waals surface area contributed by atoms with Crippen molar-refractivity contribution in [2.24, 2.45) is 0 Å². The van der Waals surface area contributed by atoms with Gasteiger partial charge in [0.05, 0.1) is 6.10 Å². The van der Waals surface area contributed by atoms with E-state index in [4.69, 9.17) is 0 Å². The van der Waals surface area contributed by atoms with Crippen LogP contribution in [0.2, 0.25) is 0 Å². The van der Waals surface area contributed by atoms with Crippen LogP contribution in [-0.2, 0) is 6.54 Å². The van der Waals surface area contributed by atoms with E-state index in [1.54, 1.807) is 23.5 Å². The fourth-order valence-corrected chi connectivity index (χ4v) is 2.77. The van der Waals surface area contributed by atoms with Crippen LogP contribution in [0.25, 0.3) is 0 Å². The summed E-state index contributed by atoms with van der Waals surface area (Å²) in [6, 6.07) is 8.07. The van der Waals surface area contributed by atoms with Crippen molar-refractivity contribution in [2.45, 2.75) is 26.2 Å². The maximum Gasteiger partial charge on any atom is 0.387 e. The zero-order valence-corrected chi connectivity index (χ0v) is 12.4. The van der Waals surface area contributed by atoms with Crippen LogP contribution in [0.1, 0.15) is 22.1 Å². The molecule has 114 valence electrons. The van der Waals surface area contributed by atoms with E-state index in [1.165, 1.54) is 22.6 Å². The van der Waals surface area contributed by atoms with Crippen molar-refractivity contribution in [1.82, 2.24) is 5.32 Å². The second-order valence-electron chi connectivity index (χ2n) is 4.62. The SMILES string of the molecule is Cc1ccsc1CNCC(O)c1ccc(OC(F)F)cc1. The molecule has 3 nitrogen and oxygen atoms in total. The molecule has 1 aromatic carbocycles. The van der Waals surface area contributed by atoms with Crippen molar-refractivity contribution in [3.05, 3.63) is 51.7 Å². The quantitative estimate of drug-likeness (QED) is 0.822. The van der Waals surface area contributed by atoms with E-state index in [1.807, 2.05) is 12.3 Å². The molecule has 0 amide bonds. The third kappa shape index (κ3) is 4.77. The van der Waals surface area contributed by atoms with Crippen LogP contribution in [0.5, 0.6) is 5.75 Å². The lowest BCUT2D eigenvalue weighted by Crippen LogP contribution is -2.20. The Kier molecular flexibility index (Phi) is 5.67. The molecule has 0 aliphatic heterocycles. The summed E-state index contributed by atoms with van der Waals surface area (Å²) in [6.07, 6.45) is -0.689. The summed E-state index contributed by atoms with van der Waals surface area (Å²) in [4.78, 5) is 1.24. The van der Waals surface area contributed by atoms with Crippen LogP contribution in [0.15, 0.2) is 35.7 Å². The molecule has 6 heteroatoms. The van der Waals surface area contributed by atoms with Crippen molar-refractivity contribution < 1.29 is 18.6 Å². The van der Waals surface area contributed by atoms with Gasteiger partial charge in [-0.2, -0.15) is 8.78 Å². The molecule has 0 aliphatic carbocycles. The number of ether oxygens (including phenoxy) is 1. The summed E-state index contributed by atoms with van der Waals surface area (Å²) < 4.78 is 28.3. The highest BCUT2D eigenvalue weighted by Crippen LogP contribution is 2.19. The normalized spacial score (nSPS) is 12.6. The van der Waals surface area contributed by atoms with Gasteiger partial charge in [0.1, 0.15) is 5.75 Å². The van der Waals surface area contributed by atoms with Gasteiger partial charge in [0.2, 0.25) is 0 Å². The molecule has 0 radical (unpaired) electrons. The van der Waals surface area contributed by atoms with E-state index < -0.39 is 12.7 Å². The van der Waals surface area contributed by atoms with Crippen molar-refractivity contribution >= 4 is 11.3 Å². The number of halogens is 2. The highest BCUT2D eigenvalue weighted by molar-refractivity contribution is 7.10. The van der Waals surface area contributed by atoms with Gasteiger partial charge >= 0.3 is 6.61 Å². The van der Waals surface area contributed by atoms with E-state index in [0.29, 0.717) is 18.7 Å². The second-order valence-corrected chi connectivity index (χ2v) is 5.62. The minimum absolute atomic E-state index is 0.0862. The fourth-order valence-electron chi connectivity index (χ4n) is 1.90. The van der Waals surface area contributed by atoms with Gasteiger partial charge in [0.25, 0.3) is 0 Å². The number of rotatable bonds is 7. The predicted molar refractivity (Wildman–Crippen MR) is 78.8 cm³/mol. The number of hydrogen-bond acceptors (Lipinski definition) is 4. The Labute approximate surface area is 126 Å². The van der Waals surface area contributed by atoms with Gasteiger partial charge in [-0.25, -0.2) is 0 Å². The van der Waals surface area contributed by atoms with E-state index in [2.05, 4.69) is 16.1 Å². The van der Waals surface area contributed by atoms with Crippen LogP contribution in [0, 0.1) is 6.92 Å². The molecule has 0 saturated carbocycles. The summed E-state index contributed by atoms with van der Waals surface area (Å²) in [5, 5.41) is 15.3. The van der Waals surface area contributed by atoms with Crippen LogP contribution in [0.4, 0.5) is 8.78 Å². The standard InChI is InChI=1S/C15H17F2NO2S/c1-10-6-7-21-14(10)9-18-8-13(19)11-2-4-12(5-3-11)20-15(16)17/h2-7,13,15,18-19H,8-9H2,1H3. The zero-order chi connectivity index (χ0) is 15.2. The van der Waals surface area contributed by atoms with Gasteiger partial charge < -0.3 is 15.2 Å². The van der Waals surface area contributed by atoms with Crippen LogP contribution < -0.4 is 10.1 Å². The molecule has 1 atom stereocenters. The molecule has 1 unspecified atom stereocenters. The third-order valence-electron chi connectivity index (χ3n) is 3.08. The Morgan fingerprint density at radius 3 is 2.52 bits per heavy atom. The Bertz CT molecular complexity index is 557. The van der Waals surface area contributed by atoms with Crippen molar-refractivity contribution in [1.29, 1.82) is 0 Å². The largest absolute Gasteiger partial charge is 0.435 e. The molecule has 1 aromatic heterocycles. The van der Waals surface area contributed by atoms with E-state index in [-0.39, 0.29) is 5.75 Å². The number of alkyl halides is 2. The maximum atomic E-state index is 12.0. The van der Waals surface area contributed by atoms with Crippen molar-refractivity contribution in [3.8, 4) is 5.75 Å². The molecule has 2 rings (SSSR count). The predicted octanol–water partition coefficient (Wildman–Crippen LogP) is 3.48. The monoisotopic (exact) mass is 313 g/mol. The molecule has 0 saturated heterocycles. The first-order valence-electron chi connectivity index (χ1n) is 6.53. The number of thiophene rings is 1. The molecule has 0 fully saturated rings. The molecule has 2 aromatic rings. The van der Waals surface area contributed by atoms with Crippen molar-refractivity contribution in [2.75, 3.05) is 6.54 Å². The highest BCUT2D eigenvalue weighted by atomic mass is 32.1. The van der Waals surface area contributed by atoms with Gasteiger partial charge in [-0.3, -0.25) is 0 Å². The average Bonchev–Trinajstić information content (AvgIpc) is 2.84. The van der Waals surface area contributed by atoms with Crippen LogP contribution in [-0.4, -0.2) is 18.3 Å². The number of aliphatic hydroxyl groups is 1. The van der Waals surface area contributed by atoms with Gasteiger partial charge in [0.15, 0.2) is 0 Å². The van der Waals surface area contributed by atoms with E-state index in [0.717, 1.165) is 0 Å². The topological polar surface area (TPSA) is 41.5 Å². The summed E-state index contributed by atoms with van der Waals surface area (Å²) in [5.74, 6) is 0.0862. The minimum atomic E-state index is -2.84. The fraction of sp³-hybridized carbons (Fsp3) is 0.333. The summed E-state index contributed by atoms with van der Waals surface area (Å²) in [6.45, 7) is 0.307. The highest BCUT2D eigenvalue weighted by Gasteiger charge is 2.09. The molecule has 1 heterocycles. The van der Waals surface area contributed by atoms with Gasteiger partial charge in [-0.15, -0.1) is 11.3 Å². The van der Waals surface area contributed by atoms with Crippen LogP contribution in [0.3, 0.4) is 0 Å². The lowest BCUT2D eigenvalue weighted by molar-refractivity contribution is -0.0498. The molecule has 0 spiro atoms. The number of aryl methyl sites for hydroxylation is 1. The van der Waals surface area contributed by atoms with E-state index >= 15 is 0 Å². The molecule has 21 heavy (non-hydrogen) atoms. The average molecular weight is 313 g/mol. The molecule has 0 aliphatic rings. The zero-order valence-electron chi connectivity index (χ0n) is 11.6. The summed E-state index contributed by atoms with van der Waals surface area (Å²) >= 11 is 1.67. The number of nitrogens with one attached hydrogen (secondary N) is 1. The number of benzene rings is 1. The second kappa shape index (κ2) is 7.49. The van der Waals surface area contributed by atoms with Gasteiger partial charge in [-0.05, 0) is 41.6 Å². The van der Waals surface area contributed by atoms with Gasteiger partial charge in [0, 0.05) is 18.0 Å². The number of aliphatic hydroxyl groups excluding tert-OH is 1. The first-order valence-corrected chi connectivity index (χ1v) is 7.40. The first-order chi connectivity index (χ1) is 10.1. The first kappa shape index (κ1) is 15.9.